The van der Waals surface area contributed by atoms with Crippen molar-refractivity contribution in [2.75, 3.05) is 12.4 Å². The Morgan fingerprint density at radius 1 is 1.50 bits per heavy atom. The molecule has 0 spiro atoms. The third kappa shape index (κ3) is 6.68. The van der Waals surface area contributed by atoms with Gasteiger partial charge in [-0.15, -0.1) is 11.6 Å². The van der Waals surface area contributed by atoms with Gasteiger partial charge in [-0.1, -0.05) is 0 Å². The Bertz CT molecular complexity index is 199. The molecule has 1 amide bonds. The lowest BCUT2D eigenvalue weighted by atomic mass is 10.1. The molecule has 0 radical (unpaired) electrons. The van der Waals surface area contributed by atoms with E-state index in [9.17, 15) is 9.59 Å². The molecule has 0 saturated carbocycles. The number of amides is 1. The Morgan fingerprint density at radius 2 is 2.14 bits per heavy atom. The van der Waals surface area contributed by atoms with Gasteiger partial charge in [-0.3, -0.25) is 9.59 Å². The van der Waals surface area contributed by atoms with Crippen LogP contribution in [0.2, 0.25) is 0 Å². The minimum absolute atomic E-state index is 0.0742. The lowest BCUT2D eigenvalue weighted by molar-refractivity contribution is -0.139. The molecule has 0 fully saturated rings. The quantitative estimate of drug-likeness (QED) is 0.396. The standard InChI is InChI=1S/C8H15ClN2O3/c9-4-1-5-11-6(8(13)14)2-3-7(10)12/h6,11H,1-5H2,(H2,10,12)(H,13,14). The highest BCUT2D eigenvalue weighted by Gasteiger charge is 2.16. The van der Waals surface area contributed by atoms with Crippen LogP contribution in [0.3, 0.4) is 0 Å². The van der Waals surface area contributed by atoms with Crippen LogP contribution in [0.5, 0.6) is 0 Å². The number of rotatable bonds is 8. The van der Waals surface area contributed by atoms with Crippen molar-refractivity contribution in [1.82, 2.24) is 5.32 Å². The van der Waals surface area contributed by atoms with Gasteiger partial charge in [0.1, 0.15) is 6.04 Å². The van der Waals surface area contributed by atoms with Crippen LogP contribution in [-0.4, -0.2) is 35.4 Å². The van der Waals surface area contributed by atoms with Crippen LogP contribution in [0.25, 0.3) is 0 Å². The summed E-state index contributed by atoms with van der Waals surface area (Å²) in [4.78, 5) is 21.1. The van der Waals surface area contributed by atoms with Crippen molar-refractivity contribution in [2.24, 2.45) is 5.73 Å². The van der Waals surface area contributed by atoms with E-state index in [0.29, 0.717) is 18.8 Å². The van der Waals surface area contributed by atoms with Gasteiger partial charge in [-0.2, -0.15) is 0 Å². The number of alkyl halides is 1. The third-order valence-corrected chi connectivity index (χ3v) is 1.95. The van der Waals surface area contributed by atoms with E-state index >= 15 is 0 Å². The topological polar surface area (TPSA) is 92.4 Å². The molecule has 0 aliphatic carbocycles. The molecule has 4 N–H and O–H groups in total. The smallest absolute Gasteiger partial charge is 0.320 e. The van der Waals surface area contributed by atoms with Crippen molar-refractivity contribution in [3.05, 3.63) is 0 Å². The van der Waals surface area contributed by atoms with E-state index in [0.717, 1.165) is 0 Å². The Hall–Kier alpha value is -0.810. The Labute approximate surface area is 87.6 Å². The number of halogens is 1. The molecule has 0 saturated heterocycles. The van der Waals surface area contributed by atoms with Gasteiger partial charge in [0.2, 0.25) is 5.91 Å². The molecule has 1 unspecified atom stereocenters. The molecule has 0 aliphatic rings. The number of nitrogens with one attached hydrogen (secondary N) is 1. The third-order valence-electron chi connectivity index (χ3n) is 1.68. The molecule has 0 aliphatic heterocycles. The second-order valence-electron chi connectivity index (χ2n) is 2.89. The number of hydrogen-bond acceptors (Lipinski definition) is 3. The van der Waals surface area contributed by atoms with E-state index < -0.39 is 17.9 Å². The fourth-order valence-corrected chi connectivity index (χ4v) is 1.08. The maximum Gasteiger partial charge on any atom is 0.320 e. The molecule has 0 aromatic heterocycles. The molecule has 0 aromatic carbocycles. The molecule has 14 heavy (non-hydrogen) atoms. The first-order chi connectivity index (χ1) is 6.57. The zero-order valence-corrected chi connectivity index (χ0v) is 8.59. The van der Waals surface area contributed by atoms with Crippen molar-refractivity contribution < 1.29 is 14.7 Å². The first kappa shape index (κ1) is 13.2. The zero-order chi connectivity index (χ0) is 11.0. The summed E-state index contributed by atoms with van der Waals surface area (Å²) in [7, 11) is 0. The van der Waals surface area contributed by atoms with Crippen LogP contribution >= 0.6 is 11.6 Å². The van der Waals surface area contributed by atoms with Crippen LogP contribution in [-0.2, 0) is 9.59 Å². The summed E-state index contributed by atoms with van der Waals surface area (Å²) >= 11 is 5.43. The highest BCUT2D eigenvalue weighted by molar-refractivity contribution is 6.17. The van der Waals surface area contributed by atoms with Crippen LogP contribution in [0.1, 0.15) is 19.3 Å². The van der Waals surface area contributed by atoms with Gasteiger partial charge in [0.05, 0.1) is 0 Å². The summed E-state index contributed by atoms with van der Waals surface area (Å²) in [6.45, 7) is 0.527. The molecule has 6 heteroatoms. The number of carbonyl (C=O) groups excluding carboxylic acids is 1. The molecular weight excluding hydrogens is 208 g/mol. The predicted octanol–water partition coefficient (Wildman–Crippen LogP) is -0.0764. The van der Waals surface area contributed by atoms with E-state index in [1.54, 1.807) is 0 Å². The van der Waals surface area contributed by atoms with Crippen LogP contribution in [0.15, 0.2) is 0 Å². The average Bonchev–Trinajstić information content (AvgIpc) is 2.10. The van der Waals surface area contributed by atoms with Crippen molar-refractivity contribution in [1.29, 1.82) is 0 Å². The normalized spacial score (nSPS) is 12.4. The van der Waals surface area contributed by atoms with Gasteiger partial charge in [0, 0.05) is 12.3 Å². The van der Waals surface area contributed by atoms with Crippen LogP contribution < -0.4 is 11.1 Å². The van der Waals surface area contributed by atoms with Crippen LogP contribution in [0.4, 0.5) is 0 Å². The largest absolute Gasteiger partial charge is 0.480 e. The summed E-state index contributed by atoms with van der Waals surface area (Å²) in [6, 6.07) is -0.717. The first-order valence-electron chi connectivity index (χ1n) is 4.38. The Kier molecular flexibility index (Phi) is 7.14. The average molecular weight is 223 g/mol. The summed E-state index contributed by atoms with van der Waals surface area (Å²) < 4.78 is 0. The van der Waals surface area contributed by atoms with Gasteiger partial charge in [-0.25, -0.2) is 0 Å². The summed E-state index contributed by atoms with van der Waals surface area (Å²) in [5, 5.41) is 11.5. The number of hydrogen-bond donors (Lipinski definition) is 3. The van der Waals surface area contributed by atoms with E-state index in [2.05, 4.69) is 5.32 Å². The van der Waals surface area contributed by atoms with Gasteiger partial charge in [-0.05, 0) is 19.4 Å². The second kappa shape index (κ2) is 7.58. The van der Waals surface area contributed by atoms with Gasteiger partial charge in [0.25, 0.3) is 0 Å². The van der Waals surface area contributed by atoms with E-state index in [1.807, 2.05) is 0 Å². The highest BCUT2D eigenvalue weighted by Crippen LogP contribution is 1.97. The number of carboxylic acids is 1. The number of carbonyl (C=O) groups is 2. The summed E-state index contributed by atoms with van der Waals surface area (Å²) in [6.07, 6.45) is 0.986. The molecule has 82 valence electrons. The van der Waals surface area contributed by atoms with Gasteiger partial charge >= 0.3 is 5.97 Å². The predicted molar refractivity (Wildman–Crippen MR) is 53.2 cm³/mol. The number of aliphatic carboxylic acids is 1. The fourth-order valence-electron chi connectivity index (χ4n) is 0.943. The van der Waals surface area contributed by atoms with Crippen molar-refractivity contribution in [2.45, 2.75) is 25.3 Å². The highest BCUT2D eigenvalue weighted by atomic mass is 35.5. The van der Waals surface area contributed by atoms with Crippen LogP contribution in [0, 0.1) is 0 Å². The van der Waals surface area contributed by atoms with Gasteiger partial charge in [0.15, 0.2) is 0 Å². The minimum Gasteiger partial charge on any atom is -0.480 e. The van der Waals surface area contributed by atoms with Crippen molar-refractivity contribution in [3.63, 3.8) is 0 Å². The van der Waals surface area contributed by atoms with E-state index in [4.69, 9.17) is 22.4 Å². The Balaban J connectivity index is 3.78. The molecule has 0 heterocycles. The molecule has 5 nitrogen and oxygen atoms in total. The molecule has 1 atom stereocenters. The van der Waals surface area contributed by atoms with Crippen molar-refractivity contribution in [3.8, 4) is 0 Å². The molecular formula is C8H15ClN2O3. The first-order valence-corrected chi connectivity index (χ1v) is 4.92. The number of nitrogens with two attached hydrogens (primary N) is 1. The lowest BCUT2D eigenvalue weighted by Gasteiger charge is -2.12. The van der Waals surface area contributed by atoms with E-state index in [-0.39, 0.29) is 12.8 Å². The minimum atomic E-state index is -0.971. The van der Waals surface area contributed by atoms with Gasteiger partial charge < -0.3 is 16.2 Å². The second-order valence-corrected chi connectivity index (χ2v) is 3.27. The zero-order valence-electron chi connectivity index (χ0n) is 7.83. The lowest BCUT2D eigenvalue weighted by Crippen LogP contribution is -2.38. The Morgan fingerprint density at radius 3 is 2.57 bits per heavy atom. The number of primary amides is 1. The van der Waals surface area contributed by atoms with Crippen molar-refractivity contribution >= 4 is 23.5 Å². The monoisotopic (exact) mass is 222 g/mol. The molecule has 0 aromatic rings. The maximum atomic E-state index is 10.7. The summed E-state index contributed by atoms with van der Waals surface area (Å²) in [5.41, 5.74) is 4.91. The number of carboxylic acid groups (broad SMARTS) is 1. The molecule has 0 rings (SSSR count). The summed E-state index contributed by atoms with van der Waals surface area (Å²) in [5.74, 6) is -0.981. The maximum absolute atomic E-state index is 10.7. The SMILES string of the molecule is NC(=O)CCC(NCCCCl)C(=O)O. The van der Waals surface area contributed by atoms with E-state index in [1.165, 1.54) is 0 Å². The molecule has 0 bridgehead atoms. The fraction of sp³-hybridized carbons (Fsp3) is 0.750.